The standard InChI is InChI=1S/C30H16N4OS/c1-4-10-22-17(7-1)20-15-21-18-8-3-6-12-26(18)36-27(21)16-24(20)33(22)23-13-14-31-34-29(23)32-28-19-9-2-5-11-25(19)35-30(28)34/h1-16H. The molecule has 168 valence electrons. The van der Waals surface area contributed by atoms with E-state index >= 15 is 0 Å². The third-order valence-corrected chi connectivity index (χ3v) is 8.35. The molecule has 0 fully saturated rings. The molecule has 0 saturated heterocycles. The molecule has 4 aromatic carbocycles. The number of aromatic nitrogens is 4. The number of fused-ring (bicyclic) bond motifs is 11. The molecule has 0 amide bonds. The van der Waals surface area contributed by atoms with Crippen molar-refractivity contribution < 1.29 is 4.42 Å². The SMILES string of the molecule is c1ccc2c(c1)oc1c2nc2c(-n3c4ccccc4c4cc5c(cc43)sc3ccccc35)ccnn21. The topological polar surface area (TPSA) is 48.3 Å². The largest absolute Gasteiger partial charge is 0.436 e. The van der Waals surface area contributed by atoms with Crippen LogP contribution >= 0.6 is 11.3 Å². The number of para-hydroxylation sites is 2. The lowest BCUT2D eigenvalue weighted by Gasteiger charge is -2.08. The predicted octanol–water partition coefficient (Wildman–Crippen LogP) is 8.09. The van der Waals surface area contributed by atoms with Gasteiger partial charge < -0.3 is 8.98 Å². The Bertz CT molecular complexity index is 2330. The van der Waals surface area contributed by atoms with Gasteiger partial charge in [0.1, 0.15) is 11.1 Å². The van der Waals surface area contributed by atoms with E-state index < -0.39 is 0 Å². The second kappa shape index (κ2) is 6.50. The molecule has 0 bridgehead atoms. The van der Waals surface area contributed by atoms with Crippen LogP contribution in [0.4, 0.5) is 0 Å². The summed E-state index contributed by atoms with van der Waals surface area (Å²) < 4.78 is 12.9. The second-order valence-corrected chi connectivity index (χ2v) is 10.2. The number of thiophene rings is 1. The van der Waals surface area contributed by atoms with Gasteiger partial charge in [0.05, 0.1) is 22.9 Å². The minimum atomic E-state index is 0.667. The number of rotatable bonds is 1. The highest BCUT2D eigenvalue weighted by Crippen LogP contribution is 2.41. The first kappa shape index (κ1) is 18.6. The fraction of sp³-hybridized carbons (Fsp3) is 0. The minimum absolute atomic E-state index is 0.667. The van der Waals surface area contributed by atoms with Gasteiger partial charge in [-0.25, -0.2) is 4.98 Å². The molecule has 0 spiro atoms. The third-order valence-electron chi connectivity index (χ3n) is 7.22. The molecule has 0 unspecified atom stereocenters. The minimum Gasteiger partial charge on any atom is -0.436 e. The van der Waals surface area contributed by atoms with Crippen molar-refractivity contribution in [3.63, 3.8) is 0 Å². The van der Waals surface area contributed by atoms with Gasteiger partial charge >= 0.3 is 0 Å². The van der Waals surface area contributed by atoms with Crippen LogP contribution in [-0.2, 0) is 0 Å². The van der Waals surface area contributed by atoms with Crippen molar-refractivity contribution in [3.05, 3.63) is 97.2 Å². The summed E-state index contributed by atoms with van der Waals surface area (Å²) in [6, 6.07) is 32.0. The Morgan fingerprint density at radius 3 is 2.42 bits per heavy atom. The molecular weight excluding hydrogens is 464 g/mol. The van der Waals surface area contributed by atoms with Crippen LogP contribution in [0, 0.1) is 0 Å². The zero-order chi connectivity index (χ0) is 23.4. The Hall–Kier alpha value is -4.68. The van der Waals surface area contributed by atoms with Gasteiger partial charge in [-0.05, 0) is 42.5 Å². The second-order valence-electron chi connectivity index (χ2n) is 9.13. The molecule has 0 aliphatic rings. The van der Waals surface area contributed by atoms with Crippen LogP contribution in [0.1, 0.15) is 0 Å². The summed E-state index contributed by atoms with van der Waals surface area (Å²) in [5, 5.41) is 10.7. The van der Waals surface area contributed by atoms with E-state index in [0.29, 0.717) is 5.71 Å². The number of benzene rings is 4. The van der Waals surface area contributed by atoms with Crippen molar-refractivity contribution in [3.8, 4) is 5.69 Å². The van der Waals surface area contributed by atoms with E-state index in [4.69, 9.17) is 9.40 Å². The van der Waals surface area contributed by atoms with Crippen molar-refractivity contribution in [2.45, 2.75) is 0 Å². The molecule has 0 aliphatic heterocycles. The van der Waals surface area contributed by atoms with Crippen LogP contribution in [0.5, 0.6) is 0 Å². The Balaban J connectivity index is 1.45. The summed E-state index contributed by atoms with van der Waals surface area (Å²) in [5.74, 6) is 0. The van der Waals surface area contributed by atoms with E-state index in [1.807, 2.05) is 52.4 Å². The van der Waals surface area contributed by atoms with Gasteiger partial charge in [-0.1, -0.05) is 48.5 Å². The maximum atomic E-state index is 6.17. The molecular formula is C30H16N4OS. The molecule has 0 atom stereocenters. The summed E-state index contributed by atoms with van der Waals surface area (Å²) in [7, 11) is 0. The molecule has 5 nitrogen and oxygen atoms in total. The number of imidazole rings is 1. The van der Waals surface area contributed by atoms with E-state index in [-0.39, 0.29) is 0 Å². The zero-order valence-corrected chi connectivity index (χ0v) is 19.7. The van der Waals surface area contributed by atoms with Crippen LogP contribution in [0.25, 0.3) is 75.5 Å². The monoisotopic (exact) mass is 480 g/mol. The Kier molecular flexibility index (Phi) is 3.36. The molecule has 9 aromatic rings. The Morgan fingerprint density at radius 2 is 1.47 bits per heavy atom. The highest BCUT2D eigenvalue weighted by Gasteiger charge is 2.21. The van der Waals surface area contributed by atoms with Crippen molar-refractivity contribution in [2.75, 3.05) is 0 Å². The van der Waals surface area contributed by atoms with Crippen LogP contribution in [0.15, 0.2) is 102 Å². The fourth-order valence-corrected chi connectivity index (χ4v) is 6.78. The Labute approximate surface area is 207 Å². The highest BCUT2D eigenvalue weighted by atomic mass is 32.1. The molecule has 9 rings (SSSR count). The average Bonchev–Trinajstić information content (AvgIpc) is 3.65. The van der Waals surface area contributed by atoms with Crippen molar-refractivity contribution in [1.82, 2.24) is 19.2 Å². The summed E-state index contributed by atoms with van der Waals surface area (Å²) in [6.45, 7) is 0. The summed E-state index contributed by atoms with van der Waals surface area (Å²) >= 11 is 1.84. The molecule has 5 heterocycles. The molecule has 0 N–H and O–H groups in total. The summed E-state index contributed by atoms with van der Waals surface area (Å²) in [5.41, 5.74) is 6.38. The van der Waals surface area contributed by atoms with Gasteiger partial charge in [0.15, 0.2) is 5.65 Å². The molecule has 0 aliphatic carbocycles. The van der Waals surface area contributed by atoms with E-state index in [0.717, 1.165) is 38.9 Å². The van der Waals surface area contributed by atoms with Gasteiger partial charge in [-0.15, -0.1) is 11.3 Å². The van der Waals surface area contributed by atoms with Gasteiger partial charge in [-0.3, -0.25) is 0 Å². The first-order valence-corrected chi connectivity index (χ1v) is 12.7. The van der Waals surface area contributed by atoms with Crippen LogP contribution in [-0.4, -0.2) is 19.2 Å². The molecule has 0 radical (unpaired) electrons. The van der Waals surface area contributed by atoms with Crippen molar-refractivity contribution in [1.29, 1.82) is 0 Å². The lowest BCUT2D eigenvalue weighted by atomic mass is 10.1. The van der Waals surface area contributed by atoms with Gasteiger partial charge in [0, 0.05) is 36.3 Å². The van der Waals surface area contributed by atoms with E-state index in [1.165, 1.54) is 30.9 Å². The number of furan rings is 1. The summed E-state index contributed by atoms with van der Waals surface area (Å²) in [4.78, 5) is 5.06. The van der Waals surface area contributed by atoms with Crippen LogP contribution in [0.2, 0.25) is 0 Å². The maximum absolute atomic E-state index is 6.17. The molecule has 0 saturated carbocycles. The first-order chi connectivity index (χ1) is 17.8. The van der Waals surface area contributed by atoms with E-state index in [1.54, 1.807) is 0 Å². The van der Waals surface area contributed by atoms with Crippen LogP contribution in [0.3, 0.4) is 0 Å². The quantitative estimate of drug-likeness (QED) is 0.238. The van der Waals surface area contributed by atoms with E-state index in [9.17, 15) is 0 Å². The summed E-state index contributed by atoms with van der Waals surface area (Å²) in [6.07, 6.45) is 1.83. The normalized spacial score (nSPS) is 12.4. The van der Waals surface area contributed by atoms with Crippen molar-refractivity contribution >= 4 is 81.2 Å². The van der Waals surface area contributed by atoms with Crippen LogP contribution < -0.4 is 0 Å². The van der Waals surface area contributed by atoms with Gasteiger partial charge in [-0.2, -0.15) is 9.61 Å². The fourth-order valence-electron chi connectivity index (χ4n) is 5.66. The number of nitrogens with zero attached hydrogens (tertiary/aromatic N) is 4. The zero-order valence-electron chi connectivity index (χ0n) is 18.8. The lowest BCUT2D eigenvalue weighted by molar-refractivity contribution is 0.637. The molecule has 36 heavy (non-hydrogen) atoms. The highest BCUT2D eigenvalue weighted by molar-refractivity contribution is 7.25. The predicted molar refractivity (Wildman–Crippen MR) is 147 cm³/mol. The smallest absolute Gasteiger partial charge is 0.249 e. The van der Waals surface area contributed by atoms with Gasteiger partial charge in [0.25, 0.3) is 0 Å². The third kappa shape index (κ3) is 2.25. The number of hydrogen-bond donors (Lipinski definition) is 0. The molecule has 5 aromatic heterocycles. The number of hydrogen-bond acceptors (Lipinski definition) is 4. The van der Waals surface area contributed by atoms with E-state index in [2.05, 4.69) is 70.3 Å². The van der Waals surface area contributed by atoms with Gasteiger partial charge in [0.2, 0.25) is 5.71 Å². The average molecular weight is 481 g/mol. The first-order valence-electron chi connectivity index (χ1n) is 11.8. The lowest BCUT2D eigenvalue weighted by Crippen LogP contribution is -2.00. The maximum Gasteiger partial charge on any atom is 0.249 e. The molecule has 6 heteroatoms. The Morgan fingerprint density at radius 1 is 0.667 bits per heavy atom. The van der Waals surface area contributed by atoms with Crippen molar-refractivity contribution in [2.24, 2.45) is 0 Å².